The zero-order valence-electron chi connectivity index (χ0n) is 14.5. The summed E-state index contributed by atoms with van der Waals surface area (Å²) in [6, 6.07) is 14.8. The number of ketones is 1. The van der Waals surface area contributed by atoms with Crippen molar-refractivity contribution in [1.82, 2.24) is 0 Å². The van der Waals surface area contributed by atoms with Crippen LogP contribution >= 0.6 is 0 Å². The third-order valence-corrected chi connectivity index (χ3v) is 3.61. The molecule has 2 aromatic rings. The van der Waals surface area contributed by atoms with E-state index >= 15 is 0 Å². The van der Waals surface area contributed by atoms with Crippen LogP contribution in [-0.2, 0) is 16.0 Å². The van der Waals surface area contributed by atoms with E-state index < -0.39 is 11.9 Å². The fraction of sp³-hybridized carbons (Fsp3) is 0.100. The fourth-order valence-corrected chi connectivity index (χ4v) is 2.18. The first kappa shape index (κ1) is 19.4. The molecule has 3 N–H and O–H groups in total. The normalized spacial score (nSPS) is 10.6. The predicted molar refractivity (Wildman–Crippen MR) is 100 cm³/mol. The molecule has 0 radical (unpaired) electrons. The van der Waals surface area contributed by atoms with Gasteiger partial charge in [-0.1, -0.05) is 12.1 Å². The Hall–Kier alpha value is -3.92. The predicted octanol–water partition coefficient (Wildman–Crippen LogP) is 2.97. The van der Waals surface area contributed by atoms with E-state index in [0.717, 1.165) is 0 Å². The van der Waals surface area contributed by atoms with Crippen molar-refractivity contribution in [1.29, 1.82) is 5.26 Å². The molecule has 1 amide bonds. The van der Waals surface area contributed by atoms with Gasteiger partial charge in [0.15, 0.2) is 5.78 Å². The van der Waals surface area contributed by atoms with Crippen molar-refractivity contribution in [3.63, 3.8) is 0 Å². The Morgan fingerprint density at radius 2 is 1.63 bits per heavy atom. The van der Waals surface area contributed by atoms with E-state index in [-0.39, 0.29) is 17.8 Å². The molecule has 7 heteroatoms. The van der Waals surface area contributed by atoms with Crippen LogP contribution in [0.4, 0.5) is 11.4 Å². The molecule has 0 saturated heterocycles. The van der Waals surface area contributed by atoms with Crippen LogP contribution in [0, 0.1) is 11.3 Å². The van der Waals surface area contributed by atoms with Crippen molar-refractivity contribution in [2.75, 3.05) is 10.6 Å². The lowest BCUT2D eigenvalue weighted by Crippen LogP contribution is -2.14. The van der Waals surface area contributed by atoms with E-state index in [1.165, 1.54) is 13.1 Å². The maximum atomic E-state index is 12.2. The molecule has 0 saturated carbocycles. The summed E-state index contributed by atoms with van der Waals surface area (Å²) < 4.78 is 0. The molecule has 0 aliphatic carbocycles. The van der Waals surface area contributed by atoms with Crippen LogP contribution in [-0.4, -0.2) is 22.8 Å². The van der Waals surface area contributed by atoms with Gasteiger partial charge in [-0.3, -0.25) is 14.4 Å². The Balaban J connectivity index is 2.02. The Morgan fingerprint density at radius 3 is 2.15 bits per heavy atom. The first-order chi connectivity index (χ1) is 12.9. The minimum Gasteiger partial charge on any atom is -0.481 e. The third-order valence-electron chi connectivity index (χ3n) is 3.61. The molecule has 0 aliphatic rings. The summed E-state index contributed by atoms with van der Waals surface area (Å²) in [6.07, 6.45) is 1.19. The first-order valence-electron chi connectivity index (χ1n) is 7.99. The Kier molecular flexibility index (Phi) is 6.44. The molecule has 2 aromatic carbocycles. The lowest BCUT2D eigenvalue weighted by molar-refractivity contribution is -0.136. The molecular weight excluding hydrogens is 346 g/mol. The molecule has 0 atom stereocenters. The second kappa shape index (κ2) is 8.97. The van der Waals surface area contributed by atoms with Gasteiger partial charge in [-0.2, -0.15) is 5.26 Å². The molecule has 7 nitrogen and oxygen atoms in total. The number of carbonyl (C=O) groups is 3. The van der Waals surface area contributed by atoms with E-state index in [1.54, 1.807) is 48.5 Å². The lowest BCUT2D eigenvalue weighted by Gasteiger charge is -2.06. The van der Waals surface area contributed by atoms with Crippen LogP contribution in [0.25, 0.3) is 0 Å². The van der Waals surface area contributed by atoms with Gasteiger partial charge in [0.05, 0.1) is 6.42 Å². The van der Waals surface area contributed by atoms with Crippen molar-refractivity contribution in [3.8, 4) is 6.07 Å². The molecule has 136 valence electrons. The first-order valence-corrected chi connectivity index (χ1v) is 7.99. The highest BCUT2D eigenvalue weighted by Crippen LogP contribution is 2.13. The van der Waals surface area contributed by atoms with Gasteiger partial charge in [-0.25, -0.2) is 0 Å². The number of aliphatic carboxylic acids is 1. The van der Waals surface area contributed by atoms with E-state index in [4.69, 9.17) is 5.11 Å². The van der Waals surface area contributed by atoms with Crippen molar-refractivity contribution in [2.45, 2.75) is 13.3 Å². The van der Waals surface area contributed by atoms with Gasteiger partial charge in [0.25, 0.3) is 5.91 Å². The smallest absolute Gasteiger partial charge is 0.307 e. The summed E-state index contributed by atoms with van der Waals surface area (Å²) in [4.78, 5) is 34.1. The van der Waals surface area contributed by atoms with Gasteiger partial charge in [-0.05, 0) is 48.9 Å². The van der Waals surface area contributed by atoms with Gasteiger partial charge in [0.1, 0.15) is 11.6 Å². The number of nitrogens with one attached hydrogen (secondary N) is 2. The molecule has 0 spiro atoms. The van der Waals surface area contributed by atoms with E-state index in [1.807, 2.05) is 6.07 Å². The number of benzene rings is 2. The molecule has 2 rings (SSSR count). The van der Waals surface area contributed by atoms with Crippen LogP contribution in [0.5, 0.6) is 0 Å². The zero-order chi connectivity index (χ0) is 19.8. The van der Waals surface area contributed by atoms with Crippen molar-refractivity contribution in [2.24, 2.45) is 0 Å². The third kappa shape index (κ3) is 5.83. The minimum absolute atomic E-state index is 0.0790. The number of carboxylic acids is 1. The largest absolute Gasteiger partial charge is 0.481 e. The summed E-state index contributed by atoms with van der Waals surface area (Å²) in [5.41, 5.74) is 2.10. The monoisotopic (exact) mass is 363 g/mol. The Bertz CT molecular complexity index is 923. The number of Topliss-reactive ketones (excluding diaryl/α,β-unsaturated/α-hetero) is 1. The summed E-state index contributed by atoms with van der Waals surface area (Å²) in [5.74, 6) is -1.59. The van der Waals surface area contributed by atoms with Crippen molar-refractivity contribution < 1.29 is 19.5 Å². The standard InChI is InChI=1S/C20H17N3O4/c1-13(24)15-4-8-18(9-5-15)23-20(27)16(11-21)12-22-17-6-2-14(3-7-17)10-19(25)26/h2-9,12,22H,10H2,1H3,(H,23,27)(H,25,26)/b16-12-. The summed E-state index contributed by atoms with van der Waals surface area (Å²) in [6.45, 7) is 1.45. The van der Waals surface area contributed by atoms with Gasteiger partial charge in [-0.15, -0.1) is 0 Å². The van der Waals surface area contributed by atoms with Crippen LogP contribution < -0.4 is 10.6 Å². The van der Waals surface area contributed by atoms with Gasteiger partial charge < -0.3 is 15.7 Å². The van der Waals surface area contributed by atoms with Crippen LogP contribution in [0.3, 0.4) is 0 Å². The second-order valence-electron chi connectivity index (χ2n) is 5.67. The maximum Gasteiger partial charge on any atom is 0.307 e. The zero-order valence-corrected chi connectivity index (χ0v) is 14.5. The molecule has 0 unspecified atom stereocenters. The van der Waals surface area contributed by atoms with Gasteiger partial charge >= 0.3 is 5.97 Å². The second-order valence-corrected chi connectivity index (χ2v) is 5.67. The van der Waals surface area contributed by atoms with Crippen LogP contribution in [0.2, 0.25) is 0 Å². The number of nitriles is 1. The number of carboxylic acid groups (broad SMARTS) is 1. The van der Waals surface area contributed by atoms with Gasteiger partial charge in [0.2, 0.25) is 0 Å². The van der Waals surface area contributed by atoms with E-state index in [9.17, 15) is 19.6 Å². The maximum absolute atomic E-state index is 12.2. The topological polar surface area (TPSA) is 119 Å². The SMILES string of the molecule is CC(=O)c1ccc(NC(=O)/C(C#N)=C\Nc2ccc(CC(=O)O)cc2)cc1. The number of anilines is 2. The molecule has 0 aromatic heterocycles. The average molecular weight is 363 g/mol. The number of rotatable bonds is 7. The summed E-state index contributed by atoms with van der Waals surface area (Å²) >= 11 is 0. The number of carbonyl (C=O) groups excluding carboxylic acids is 2. The Labute approximate surface area is 155 Å². The van der Waals surface area contributed by atoms with Gasteiger partial charge in [0, 0.05) is 23.1 Å². The van der Waals surface area contributed by atoms with Crippen LogP contribution in [0.15, 0.2) is 60.3 Å². The molecule has 0 heterocycles. The number of nitrogens with zero attached hydrogens (tertiary/aromatic N) is 1. The summed E-state index contributed by atoms with van der Waals surface area (Å²) in [5, 5.41) is 23.3. The quantitative estimate of drug-likeness (QED) is 0.395. The highest BCUT2D eigenvalue weighted by molar-refractivity contribution is 6.07. The molecule has 27 heavy (non-hydrogen) atoms. The van der Waals surface area contributed by atoms with E-state index in [0.29, 0.717) is 22.5 Å². The molecule has 0 fully saturated rings. The van der Waals surface area contributed by atoms with E-state index in [2.05, 4.69) is 10.6 Å². The average Bonchev–Trinajstić information content (AvgIpc) is 2.63. The van der Waals surface area contributed by atoms with Crippen molar-refractivity contribution >= 4 is 29.0 Å². The lowest BCUT2D eigenvalue weighted by atomic mass is 10.1. The molecule has 0 aliphatic heterocycles. The fourth-order valence-electron chi connectivity index (χ4n) is 2.18. The number of hydrogen-bond donors (Lipinski definition) is 3. The number of hydrogen-bond acceptors (Lipinski definition) is 5. The number of amides is 1. The Morgan fingerprint density at radius 1 is 1.04 bits per heavy atom. The molecule has 0 bridgehead atoms. The van der Waals surface area contributed by atoms with Crippen molar-refractivity contribution in [3.05, 3.63) is 71.4 Å². The minimum atomic E-state index is -0.921. The summed E-state index contributed by atoms with van der Waals surface area (Å²) in [7, 11) is 0. The molecular formula is C20H17N3O4. The highest BCUT2D eigenvalue weighted by Gasteiger charge is 2.10. The highest BCUT2D eigenvalue weighted by atomic mass is 16.4. The van der Waals surface area contributed by atoms with Crippen LogP contribution in [0.1, 0.15) is 22.8 Å².